The highest BCUT2D eigenvalue weighted by atomic mass is 19.1. The van der Waals surface area contributed by atoms with Gasteiger partial charge in [0, 0.05) is 7.05 Å². The molecule has 3 rings (SSSR count). The van der Waals surface area contributed by atoms with Crippen LogP contribution in [0.2, 0.25) is 0 Å². The number of carbonyl (C=O) groups is 1. The van der Waals surface area contributed by atoms with Gasteiger partial charge in [0.15, 0.2) is 0 Å². The topological polar surface area (TPSA) is 70.7 Å². The number of hydrogen-bond acceptors (Lipinski definition) is 4. The Morgan fingerprint density at radius 2 is 2.30 bits per heavy atom. The summed E-state index contributed by atoms with van der Waals surface area (Å²) in [6, 6.07) is 4.04. The molecule has 1 amide bonds. The third kappa shape index (κ3) is 1.75. The lowest BCUT2D eigenvalue weighted by molar-refractivity contribution is 0.0787. The van der Waals surface area contributed by atoms with E-state index < -0.39 is 5.82 Å². The molecular weight excluding hydrogens is 263 g/mol. The number of fused-ring (bicyclic) bond motifs is 3. The van der Waals surface area contributed by atoms with Crippen molar-refractivity contribution in [2.24, 2.45) is 5.16 Å². The lowest BCUT2D eigenvalue weighted by Crippen LogP contribution is -2.25. The summed E-state index contributed by atoms with van der Waals surface area (Å²) in [5.74, 6) is -0.735. The van der Waals surface area contributed by atoms with Gasteiger partial charge in [-0.05, 0) is 18.2 Å². The van der Waals surface area contributed by atoms with Gasteiger partial charge in [-0.3, -0.25) is 9.36 Å². The van der Waals surface area contributed by atoms with E-state index in [0.29, 0.717) is 17.1 Å². The molecule has 1 aliphatic heterocycles. The van der Waals surface area contributed by atoms with E-state index in [1.807, 2.05) is 0 Å². The Labute approximate surface area is 113 Å². The molecule has 0 saturated heterocycles. The molecule has 1 aromatic heterocycles. The van der Waals surface area contributed by atoms with E-state index in [0.717, 1.165) is 0 Å². The van der Waals surface area contributed by atoms with Gasteiger partial charge in [0.05, 0.1) is 29.7 Å². The van der Waals surface area contributed by atoms with Crippen LogP contribution in [0.1, 0.15) is 21.7 Å². The van der Waals surface area contributed by atoms with E-state index in [1.165, 1.54) is 35.6 Å². The minimum Gasteiger partial charge on any atom is -0.411 e. The van der Waals surface area contributed by atoms with Crippen molar-refractivity contribution in [3.8, 4) is 5.69 Å². The van der Waals surface area contributed by atoms with Crippen LogP contribution in [0.5, 0.6) is 0 Å². The molecule has 0 unspecified atom stereocenters. The third-order valence-electron chi connectivity index (χ3n) is 3.26. The number of halogens is 1. The Bertz CT molecular complexity index is 723. The lowest BCUT2D eigenvalue weighted by atomic mass is 10.1. The van der Waals surface area contributed by atoms with Crippen LogP contribution in [0, 0.1) is 5.82 Å². The van der Waals surface area contributed by atoms with Crippen LogP contribution in [-0.4, -0.2) is 38.8 Å². The molecule has 1 aromatic carbocycles. The fraction of sp³-hybridized carbons (Fsp3) is 0.154. The van der Waals surface area contributed by atoms with Crippen LogP contribution >= 0.6 is 0 Å². The Morgan fingerprint density at radius 1 is 1.50 bits per heavy atom. The summed E-state index contributed by atoms with van der Waals surface area (Å²) in [6.45, 7) is 0.288. The molecule has 6 nitrogen and oxygen atoms in total. The standard InChI is InChI=1S/C13H11FN4O2/c1-17-6-12-10(5-16-20)15-7-18(12)11-3-2-8(14)4-9(11)13(17)19/h2-5,7,20H,6H2,1H3/b16-5+. The number of hydrogen-bond donors (Lipinski definition) is 1. The van der Waals surface area contributed by atoms with Crippen LogP contribution in [0.25, 0.3) is 5.69 Å². The Balaban J connectivity index is 2.28. The predicted molar refractivity (Wildman–Crippen MR) is 68.7 cm³/mol. The minimum atomic E-state index is -0.466. The van der Waals surface area contributed by atoms with Gasteiger partial charge < -0.3 is 10.1 Å². The molecule has 0 radical (unpaired) electrons. The van der Waals surface area contributed by atoms with Crippen LogP contribution in [-0.2, 0) is 6.54 Å². The van der Waals surface area contributed by atoms with Crippen LogP contribution in [0.15, 0.2) is 29.7 Å². The first-order valence-corrected chi connectivity index (χ1v) is 5.91. The number of imidazole rings is 1. The zero-order valence-electron chi connectivity index (χ0n) is 10.6. The first-order chi connectivity index (χ1) is 9.61. The summed E-state index contributed by atoms with van der Waals surface area (Å²) in [5.41, 5.74) is 1.99. The molecule has 0 fully saturated rings. The summed E-state index contributed by atoms with van der Waals surface area (Å²) in [4.78, 5) is 17.9. The lowest BCUT2D eigenvalue weighted by Gasteiger charge is -2.14. The van der Waals surface area contributed by atoms with Gasteiger partial charge in [-0.15, -0.1) is 0 Å². The molecular formula is C13H11FN4O2. The molecule has 0 aliphatic carbocycles. The van der Waals surface area contributed by atoms with Crippen molar-refractivity contribution in [2.45, 2.75) is 6.54 Å². The number of benzene rings is 1. The summed E-state index contributed by atoms with van der Waals surface area (Å²) in [7, 11) is 1.62. The number of nitrogens with zero attached hydrogens (tertiary/aromatic N) is 4. The average molecular weight is 274 g/mol. The largest absolute Gasteiger partial charge is 0.411 e. The fourth-order valence-electron chi connectivity index (χ4n) is 2.31. The average Bonchev–Trinajstić information content (AvgIpc) is 2.77. The van der Waals surface area contributed by atoms with Gasteiger partial charge >= 0.3 is 0 Å². The fourth-order valence-corrected chi connectivity index (χ4v) is 2.31. The van der Waals surface area contributed by atoms with Gasteiger partial charge in [-0.1, -0.05) is 5.16 Å². The van der Waals surface area contributed by atoms with Crippen molar-refractivity contribution >= 4 is 12.1 Å². The van der Waals surface area contributed by atoms with Crippen molar-refractivity contribution in [1.82, 2.24) is 14.5 Å². The van der Waals surface area contributed by atoms with Crippen molar-refractivity contribution in [1.29, 1.82) is 0 Å². The zero-order chi connectivity index (χ0) is 14.3. The maximum atomic E-state index is 13.4. The van der Waals surface area contributed by atoms with Gasteiger partial charge in [-0.25, -0.2) is 9.37 Å². The normalized spacial score (nSPS) is 14.3. The number of oxime groups is 1. The monoisotopic (exact) mass is 274 g/mol. The van der Waals surface area contributed by atoms with Crippen molar-refractivity contribution in [3.05, 3.63) is 47.3 Å². The predicted octanol–water partition coefficient (Wildman–Crippen LogP) is 1.41. The number of rotatable bonds is 1. The van der Waals surface area contributed by atoms with Crippen molar-refractivity contribution < 1.29 is 14.4 Å². The maximum Gasteiger partial charge on any atom is 0.256 e. The van der Waals surface area contributed by atoms with Gasteiger partial charge in [-0.2, -0.15) is 0 Å². The van der Waals surface area contributed by atoms with Gasteiger partial charge in [0.2, 0.25) is 0 Å². The summed E-state index contributed by atoms with van der Waals surface area (Å²) >= 11 is 0. The Morgan fingerprint density at radius 3 is 3.05 bits per heavy atom. The zero-order valence-corrected chi connectivity index (χ0v) is 10.6. The first-order valence-electron chi connectivity index (χ1n) is 5.91. The molecule has 2 heterocycles. The SMILES string of the molecule is CN1Cc2c(/C=N/O)ncn2-c2ccc(F)cc2C1=O. The molecule has 0 atom stereocenters. The third-order valence-corrected chi connectivity index (χ3v) is 3.26. The smallest absolute Gasteiger partial charge is 0.256 e. The molecule has 2 aromatic rings. The van der Waals surface area contributed by atoms with E-state index >= 15 is 0 Å². The van der Waals surface area contributed by atoms with Crippen molar-refractivity contribution in [2.75, 3.05) is 7.05 Å². The second-order valence-corrected chi connectivity index (χ2v) is 4.51. The highest BCUT2D eigenvalue weighted by Gasteiger charge is 2.26. The number of amides is 1. The summed E-state index contributed by atoms with van der Waals surface area (Å²) in [5, 5.41) is 11.6. The van der Waals surface area contributed by atoms with Crippen LogP contribution in [0.3, 0.4) is 0 Å². The summed E-state index contributed by atoms with van der Waals surface area (Å²) < 4.78 is 15.1. The molecule has 1 aliphatic rings. The highest BCUT2D eigenvalue weighted by Crippen LogP contribution is 2.25. The number of carbonyl (C=O) groups excluding carboxylic acids is 1. The molecule has 102 valence electrons. The van der Waals surface area contributed by atoms with E-state index in [4.69, 9.17) is 5.21 Å². The molecule has 20 heavy (non-hydrogen) atoms. The van der Waals surface area contributed by atoms with Gasteiger partial charge in [0.1, 0.15) is 17.8 Å². The Hall–Kier alpha value is -2.70. The van der Waals surface area contributed by atoms with E-state index in [1.54, 1.807) is 11.6 Å². The van der Waals surface area contributed by atoms with E-state index in [9.17, 15) is 9.18 Å². The summed E-state index contributed by atoms with van der Waals surface area (Å²) in [6.07, 6.45) is 2.73. The van der Waals surface area contributed by atoms with Crippen LogP contribution in [0.4, 0.5) is 4.39 Å². The second-order valence-electron chi connectivity index (χ2n) is 4.51. The molecule has 7 heteroatoms. The molecule has 0 spiro atoms. The molecule has 1 N–H and O–H groups in total. The van der Waals surface area contributed by atoms with Crippen LogP contribution < -0.4 is 0 Å². The van der Waals surface area contributed by atoms with Gasteiger partial charge in [0.25, 0.3) is 5.91 Å². The highest BCUT2D eigenvalue weighted by molar-refractivity contribution is 5.98. The maximum absolute atomic E-state index is 13.4. The second kappa shape index (κ2) is 4.44. The quantitative estimate of drug-likeness (QED) is 0.485. The Kier molecular flexibility index (Phi) is 2.74. The number of aromatic nitrogens is 2. The first kappa shape index (κ1) is 12.3. The molecule has 0 bridgehead atoms. The van der Waals surface area contributed by atoms with E-state index in [2.05, 4.69) is 10.1 Å². The minimum absolute atomic E-state index is 0.268. The van der Waals surface area contributed by atoms with E-state index in [-0.39, 0.29) is 18.0 Å². The van der Waals surface area contributed by atoms with Crippen molar-refractivity contribution in [3.63, 3.8) is 0 Å². The molecule has 0 saturated carbocycles.